The molecule has 0 aliphatic carbocycles. The van der Waals surface area contributed by atoms with Crippen LogP contribution >= 0.6 is 0 Å². The molecule has 0 unspecified atom stereocenters. The molecule has 0 fully saturated rings. The summed E-state index contributed by atoms with van der Waals surface area (Å²) in [6.45, 7) is 0.541. The van der Waals surface area contributed by atoms with E-state index in [1.807, 2.05) is 0 Å². The molecule has 1 rings (SSSR count). The maximum absolute atomic E-state index is 12.0. The van der Waals surface area contributed by atoms with E-state index in [2.05, 4.69) is 0 Å². The second kappa shape index (κ2) is 2.60. The van der Waals surface area contributed by atoms with Gasteiger partial charge in [-0.1, -0.05) is 12.2 Å². The average molecular weight is 163 g/mol. The van der Waals surface area contributed by atoms with E-state index >= 15 is 0 Å². The van der Waals surface area contributed by atoms with E-state index in [1.165, 1.54) is 11.0 Å². The van der Waals surface area contributed by atoms with Crippen molar-refractivity contribution in [2.24, 2.45) is 0 Å². The van der Waals surface area contributed by atoms with Crippen molar-refractivity contribution >= 4 is 0 Å². The molecule has 0 radical (unpaired) electrons. The number of hydrogen-bond donors (Lipinski definition) is 0. The summed E-state index contributed by atoms with van der Waals surface area (Å²) in [4.78, 5) is 1.49. The highest BCUT2D eigenvalue weighted by molar-refractivity contribution is 5.26. The SMILES string of the molecule is CN1C=C(C(F)(F)F)C=CC1. The topological polar surface area (TPSA) is 3.24 Å². The molecule has 0 aromatic heterocycles. The molecule has 0 aromatic rings. The van der Waals surface area contributed by atoms with E-state index in [0.717, 1.165) is 12.3 Å². The molecule has 0 aromatic carbocycles. The first kappa shape index (κ1) is 8.17. The van der Waals surface area contributed by atoms with Crippen molar-refractivity contribution in [1.29, 1.82) is 0 Å². The lowest BCUT2D eigenvalue weighted by atomic mass is 10.2. The largest absolute Gasteiger partial charge is 0.417 e. The van der Waals surface area contributed by atoms with Crippen LogP contribution in [-0.4, -0.2) is 24.7 Å². The summed E-state index contributed by atoms with van der Waals surface area (Å²) >= 11 is 0. The van der Waals surface area contributed by atoms with Gasteiger partial charge in [0.15, 0.2) is 0 Å². The standard InChI is InChI=1S/C7H8F3N/c1-11-4-2-3-6(5-11)7(8,9)10/h2-3,5H,4H2,1H3. The van der Waals surface area contributed by atoms with Crippen LogP contribution in [0, 0.1) is 0 Å². The molecule has 0 saturated carbocycles. The summed E-state index contributed by atoms with van der Waals surface area (Å²) in [6.07, 6.45) is -0.534. The van der Waals surface area contributed by atoms with Gasteiger partial charge in [-0.15, -0.1) is 0 Å². The third kappa shape index (κ3) is 2.00. The van der Waals surface area contributed by atoms with Crippen molar-refractivity contribution in [3.8, 4) is 0 Å². The predicted octanol–water partition coefficient (Wildman–Crippen LogP) is 1.93. The third-order valence-electron chi connectivity index (χ3n) is 1.38. The molecule has 1 aliphatic rings. The molecule has 0 spiro atoms. The van der Waals surface area contributed by atoms with Crippen LogP contribution in [0.3, 0.4) is 0 Å². The number of allylic oxidation sites excluding steroid dienone is 2. The average Bonchev–Trinajstić information content (AvgIpc) is 1.86. The zero-order chi connectivity index (χ0) is 8.48. The number of rotatable bonds is 0. The molecule has 62 valence electrons. The van der Waals surface area contributed by atoms with Gasteiger partial charge in [-0.05, 0) is 0 Å². The first-order valence-electron chi connectivity index (χ1n) is 3.16. The third-order valence-corrected chi connectivity index (χ3v) is 1.38. The Bertz CT molecular complexity index is 202. The van der Waals surface area contributed by atoms with Gasteiger partial charge in [0, 0.05) is 19.8 Å². The highest BCUT2D eigenvalue weighted by Gasteiger charge is 2.32. The maximum atomic E-state index is 12.0. The molecule has 0 N–H and O–H groups in total. The summed E-state index contributed by atoms with van der Waals surface area (Å²) in [5.74, 6) is 0. The van der Waals surface area contributed by atoms with Crippen molar-refractivity contribution < 1.29 is 13.2 Å². The van der Waals surface area contributed by atoms with Crippen molar-refractivity contribution in [2.75, 3.05) is 13.6 Å². The lowest BCUT2D eigenvalue weighted by Crippen LogP contribution is -2.20. The maximum Gasteiger partial charge on any atom is 0.417 e. The Morgan fingerprint density at radius 3 is 2.45 bits per heavy atom. The van der Waals surface area contributed by atoms with Gasteiger partial charge in [-0.2, -0.15) is 13.2 Å². The number of hydrogen-bond acceptors (Lipinski definition) is 1. The molecule has 1 heterocycles. The number of likely N-dealkylation sites (N-methyl/N-ethyl adjacent to an activating group) is 1. The van der Waals surface area contributed by atoms with E-state index < -0.39 is 11.7 Å². The van der Waals surface area contributed by atoms with E-state index in [-0.39, 0.29) is 0 Å². The molecule has 11 heavy (non-hydrogen) atoms. The Morgan fingerprint density at radius 1 is 1.45 bits per heavy atom. The van der Waals surface area contributed by atoms with Gasteiger partial charge in [0.1, 0.15) is 0 Å². The van der Waals surface area contributed by atoms with Gasteiger partial charge in [0.2, 0.25) is 0 Å². The summed E-state index contributed by atoms with van der Waals surface area (Å²) in [5, 5.41) is 0. The highest BCUT2D eigenvalue weighted by atomic mass is 19.4. The van der Waals surface area contributed by atoms with Crippen LogP contribution in [0.2, 0.25) is 0 Å². The van der Waals surface area contributed by atoms with Crippen LogP contribution < -0.4 is 0 Å². The summed E-state index contributed by atoms with van der Waals surface area (Å²) in [5.41, 5.74) is -0.591. The van der Waals surface area contributed by atoms with E-state index in [4.69, 9.17) is 0 Å². The molecule has 0 saturated heterocycles. The fourth-order valence-corrected chi connectivity index (χ4v) is 0.847. The zero-order valence-electron chi connectivity index (χ0n) is 6.02. The minimum Gasteiger partial charge on any atom is -0.376 e. The molecular formula is C7H8F3N. The fraction of sp³-hybridized carbons (Fsp3) is 0.429. The van der Waals surface area contributed by atoms with Crippen molar-refractivity contribution in [2.45, 2.75) is 6.18 Å². The van der Waals surface area contributed by atoms with Crippen molar-refractivity contribution in [3.05, 3.63) is 23.9 Å². The molecule has 0 amide bonds. The molecule has 0 bridgehead atoms. The van der Waals surface area contributed by atoms with Gasteiger partial charge < -0.3 is 4.90 Å². The predicted molar refractivity (Wildman–Crippen MR) is 35.9 cm³/mol. The minimum absolute atomic E-state index is 0.541. The molecule has 1 aliphatic heterocycles. The molecule has 4 heteroatoms. The zero-order valence-corrected chi connectivity index (χ0v) is 6.02. The Balaban J connectivity index is 2.80. The van der Waals surface area contributed by atoms with Crippen molar-refractivity contribution in [1.82, 2.24) is 4.90 Å². The Morgan fingerprint density at radius 2 is 2.09 bits per heavy atom. The van der Waals surface area contributed by atoms with Gasteiger partial charge in [0.05, 0.1) is 5.57 Å². The number of alkyl halides is 3. The monoisotopic (exact) mass is 163 g/mol. The first-order valence-corrected chi connectivity index (χ1v) is 3.16. The highest BCUT2D eigenvalue weighted by Crippen LogP contribution is 2.27. The second-order valence-electron chi connectivity index (χ2n) is 2.42. The van der Waals surface area contributed by atoms with Gasteiger partial charge in [-0.3, -0.25) is 0 Å². The minimum atomic E-state index is -4.22. The van der Waals surface area contributed by atoms with E-state index in [9.17, 15) is 13.2 Å². The summed E-state index contributed by atoms with van der Waals surface area (Å²) in [6, 6.07) is 0. The van der Waals surface area contributed by atoms with Gasteiger partial charge >= 0.3 is 6.18 Å². The van der Waals surface area contributed by atoms with E-state index in [0.29, 0.717) is 6.54 Å². The quantitative estimate of drug-likeness (QED) is 0.527. The van der Waals surface area contributed by atoms with Gasteiger partial charge in [0.25, 0.3) is 0 Å². The first-order chi connectivity index (χ1) is 5.00. The van der Waals surface area contributed by atoms with Crippen LogP contribution in [0.15, 0.2) is 23.9 Å². The van der Waals surface area contributed by atoms with Crippen LogP contribution in [0.4, 0.5) is 13.2 Å². The lowest BCUT2D eigenvalue weighted by Gasteiger charge is -2.18. The van der Waals surface area contributed by atoms with Gasteiger partial charge in [-0.25, -0.2) is 0 Å². The smallest absolute Gasteiger partial charge is 0.376 e. The summed E-state index contributed by atoms with van der Waals surface area (Å²) in [7, 11) is 1.61. The lowest BCUT2D eigenvalue weighted by molar-refractivity contribution is -0.0894. The second-order valence-corrected chi connectivity index (χ2v) is 2.42. The molecule has 0 atom stereocenters. The number of halogens is 3. The normalized spacial score (nSPS) is 18.5. The molecule has 1 nitrogen and oxygen atoms in total. The summed E-state index contributed by atoms with van der Waals surface area (Å²) < 4.78 is 35.9. The Labute approximate surface area is 62.8 Å². The van der Waals surface area contributed by atoms with Crippen LogP contribution in [0.1, 0.15) is 0 Å². The Kier molecular flexibility index (Phi) is 1.93. The van der Waals surface area contributed by atoms with Crippen molar-refractivity contribution in [3.63, 3.8) is 0 Å². The fourth-order valence-electron chi connectivity index (χ4n) is 0.847. The molecular weight excluding hydrogens is 155 g/mol. The Hall–Kier alpha value is -0.930. The number of nitrogens with zero attached hydrogens (tertiary/aromatic N) is 1. The van der Waals surface area contributed by atoms with E-state index in [1.54, 1.807) is 7.05 Å². The van der Waals surface area contributed by atoms with Crippen LogP contribution in [0.25, 0.3) is 0 Å². The van der Waals surface area contributed by atoms with Crippen LogP contribution in [0.5, 0.6) is 0 Å². The van der Waals surface area contributed by atoms with Crippen LogP contribution in [-0.2, 0) is 0 Å².